The number of guanidine groups is 1. The molecule has 0 amide bonds. The first-order valence-corrected chi connectivity index (χ1v) is 8.09. The smallest absolute Gasteiger partial charge is 0.195 e. The molecule has 0 aliphatic carbocycles. The molecule has 1 heterocycles. The number of benzene rings is 1. The summed E-state index contributed by atoms with van der Waals surface area (Å²) in [4.78, 5) is 4.20. The number of rotatable bonds is 4. The Hall–Kier alpha value is -1.56. The first kappa shape index (κ1) is 14.8. The minimum Gasteiger partial charge on any atom is -0.490 e. The van der Waals surface area contributed by atoms with Crippen molar-refractivity contribution in [2.24, 2.45) is 4.99 Å². The minimum atomic E-state index is 0.692. The van der Waals surface area contributed by atoms with Crippen LogP contribution < -0.4 is 20.1 Å². The van der Waals surface area contributed by atoms with Crippen LogP contribution in [0, 0.1) is 0 Å². The maximum atomic E-state index is 5.67. The van der Waals surface area contributed by atoms with Gasteiger partial charge in [0.2, 0.25) is 0 Å². The van der Waals surface area contributed by atoms with Crippen LogP contribution in [0.25, 0.3) is 0 Å². The summed E-state index contributed by atoms with van der Waals surface area (Å²) in [7, 11) is 1.76. The Labute approximate surface area is 124 Å². The van der Waals surface area contributed by atoms with Crippen molar-refractivity contribution in [3.05, 3.63) is 18.2 Å². The topological polar surface area (TPSA) is 54.9 Å². The van der Waals surface area contributed by atoms with Gasteiger partial charge in [0.05, 0.1) is 13.2 Å². The molecule has 0 fully saturated rings. The Morgan fingerprint density at radius 3 is 2.85 bits per heavy atom. The minimum absolute atomic E-state index is 0.692. The number of anilines is 1. The third-order valence-corrected chi connectivity index (χ3v) is 3.44. The van der Waals surface area contributed by atoms with Crippen molar-refractivity contribution in [3.63, 3.8) is 0 Å². The Kier molecular flexibility index (Phi) is 5.86. The molecular weight excluding hydrogens is 274 g/mol. The van der Waals surface area contributed by atoms with Crippen molar-refractivity contribution in [1.82, 2.24) is 5.32 Å². The van der Waals surface area contributed by atoms with Crippen LogP contribution in [0.1, 0.15) is 6.42 Å². The van der Waals surface area contributed by atoms with E-state index in [4.69, 9.17) is 9.47 Å². The third-order valence-electron chi connectivity index (χ3n) is 2.83. The van der Waals surface area contributed by atoms with Gasteiger partial charge in [0.25, 0.3) is 0 Å². The van der Waals surface area contributed by atoms with Crippen molar-refractivity contribution >= 4 is 23.4 Å². The molecule has 6 heteroatoms. The van der Waals surface area contributed by atoms with E-state index < -0.39 is 0 Å². The van der Waals surface area contributed by atoms with Crippen LogP contribution in [0.2, 0.25) is 0 Å². The van der Waals surface area contributed by atoms with Gasteiger partial charge in [0.1, 0.15) is 0 Å². The number of fused-ring (bicyclic) bond motifs is 1. The van der Waals surface area contributed by atoms with Gasteiger partial charge in [0, 0.05) is 37.5 Å². The van der Waals surface area contributed by atoms with E-state index >= 15 is 0 Å². The van der Waals surface area contributed by atoms with E-state index in [1.165, 1.54) is 0 Å². The Morgan fingerprint density at radius 1 is 1.30 bits per heavy atom. The maximum absolute atomic E-state index is 5.67. The van der Waals surface area contributed by atoms with Crippen molar-refractivity contribution in [1.29, 1.82) is 0 Å². The molecule has 0 saturated heterocycles. The van der Waals surface area contributed by atoms with Crippen LogP contribution in [0.5, 0.6) is 11.5 Å². The Morgan fingerprint density at radius 2 is 2.10 bits per heavy atom. The molecule has 1 aromatic rings. The maximum Gasteiger partial charge on any atom is 0.195 e. The number of ether oxygens (including phenoxy) is 2. The van der Waals surface area contributed by atoms with E-state index in [0.717, 1.165) is 41.9 Å². The van der Waals surface area contributed by atoms with E-state index in [9.17, 15) is 0 Å². The summed E-state index contributed by atoms with van der Waals surface area (Å²) in [5.41, 5.74) is 0.937. The first-order chi connectivity index (χ1) is 9.83. The molecule has 0 saturated carbocycles. The van der Waals surface area contributed by atoms with E-state index in [1.54, 1.807) is 18.8 Å². The highest BCUT2D eigenvalue weighted by Crippen LogP contribution is 2.32. The lowest BCUT2D eigenvalue weighted by molar-refractivity contribution is 0.297. The zero-order valence-electron chi connectivity index (χ0n) is 11.9. The van der Waals surface area contributed by atoms with Crippen LogP contribution in [0.4, 0.5) is 5.69 Å². The van der Waals surface area contributed by atoms with Crippen LogP contribution in [-0.4, -0.2) is 44.8 Å². The molecule has 0 radical (unpaired) electrons. The summed E-state index contributed by atoms with van der Waals surface area (Å²) in [5, 5.41) is 6.51. The third kappa shape index (κ3) is 4.23. The van der Waals surface area contributed by atoms with Gasteiger partial charge in [-0.15, -0.1) is 0 Å². The predicted octanol–water partition coefficient (Wildman–Crippen LogP) is 2.20. The van der Waals surface area contributed by atoms with Crippen molar-refractivity contribution < 1.29 is 9.47 Å². The zero-order valence-corrected chi connectivity index (χ0v) is 12.8. The van der Waals surface area contributed by atoms with E-state index in [1.807, 2.05) is 18.2 Å². The molecule has 0 atom stereocenters. The highest BCUT2D eigenvalue weighted by molar-refractivity contribution is 7.98. The SMILES string of the molecule is CN=C(NCCSC)Nc1ccc2c(c1)OCCCO2. The second kappa shape index (κ2) is 7.89. The molecule has 1 aliphatic rings. The van der Waals surface area contributed by atoms with Gasteiger partial charge in [-0.2, -0.15) is 11.8 Å². The summed E-state index contributed by atoms with van der Waals surface area (Å²) < 4.78 is 11.3. The quantitative estimate of drug-likeness (QED) is 0.507. The normalized spacial score (nSPS) is 14.6. The predicted molar refractivity (Wildman–Crippen MR) is 85.4 cm³/mol. The average molecular weight is 295 g/mol. The molecular formula is C14H21N3O2S. The summed E-state index contributed by atoms with van der Waals surface area (Å²) in [6, 6.07) is 5.84. The molecule has 20 heavy (non-hydrogen) atoms. The second-order valence-electron chi connectivity index (χ2n) is 4.33. The van der Waals surface area contributed by atoms with Crippen molar-refractivity contribution in [2.75, 3.05) is 44.1 Å². The van der Waals surface area contributed by atoms with Gasteiger partial charge in [0.15, 0.2) is 17.5 Å². The lowest BCUT2D eigenvalue weighted by Gasteiger charge is -2.13. The largest absolute Gasteiger partial charge is 0.490 e. The van der Waals surface area contributed by atoms with Crippen LogP contribution >= 0.6 is 11.8 Å². The summed E-state index contributed by atoms with van der Waals surface area (Å²) in [6.07, 6.45) is 3.00. The Balaban J connectivity index is 2.00. The first-order valence-electron chi connectivity index (χ1n) is 6.69. The van der Waals surface area contributed by atoms with Gasteiger partial charge >= 0.3 is 0 Å². The molecule has 0 spiro atoms. The molecule has 0 bridgehead atoms. The van der Waals surface area contributed by atoms with Crippen LogP contribution in [-0.2, 0) is 0 Å². The molecule has 2 N–H and O–H groups in total. The van der Waals surface area contributed by atoms with E-state index in [2.05, 4.69) is 21.9 Å². The molecule has 0 aromatic heterocycles. The molecule has 0 unspecified atom stereocenters. The number of thioether (sulfide) groups is 1. The summed E-state index contributed by atoms with van der Waals surface area (Å²) >= 11 is 1.80. The van der Waals surface area contributed by atoms with Gasteiger partial charge in [-0.1, -0.05) is 0 Å². The van der Waals surface area contributed by atoms with Gasteiger partial charge in [-0.05, 0) is 18.4 Å². The van der Waals surface area contributed by atoms with Crippen LogP contribution in [0.3, 0.4) is 0 Å². The molecule has 2 rings (SSSR count). The molecule has 1 aliphatic heterocycles. The molecule has 110 valence electrons. The van der Waals surface area contributed by atoms with E-state index in [0.29, 0.717) is 13.2 Å². The highest BCUT2D eigenvalue weighted by Gasteiger charge is 2.11. The summed E-state index contributed by atoms with van der Waals surface area (Å²) in [6.45, 7) is 2.28. The number of aliphatic imine (C=N–C) groups is 1. The van der Waals surface area contributed by atoms with Crippen molar-refractivity contribution in [2.45, 2.75) is 6.42 Å². The number of nitrogens with one attached hydrogen (secondary N) is 2. The number of hydrogen-bond acceptors (Lipinski definition) is 4. The lowest BCUT2D eigenvalue weighted by atomic mass is 10.3. The van der Waals surface area contributed by atoms with Gasteiger partial charge in [-0.3, -0.25) is 4.99 Å². The fraction of sp³-hybridized carbons (Fsp3) is 0.500. The number of nitrogens with zero attached hydrogens (tertiary/aromatic N) is 1. The summed E-state index contributed by atoms with van der Waals surface area (Å²) in [5.74, 6) is 3.39. The fourth-order valence-electron chi connectivity index (χ4n) is 1.83. The second-order valence-corrected chi connectivity index (χ2v) is 5.31. The zero-order chi connectivity index (χ0) is 14.2. The standard InChI is InChI=1S/C14H21N3O2S/c1-15-14(16-6-9-20-2)17-11-4-5-12-13(10-11)19-8-3-7-18-12/h4-5,10H,3,6-9H2,1-2H3,(H2,15,16,17). The average Bonchev–Trinajstić information content (AvgIpc) is 2.71. The lowest BCUT2D eigenvalue weighted by Crippen LogP contribution is -2.32. The van der Waals surface area contributed by atoms with Gasteiger partial charge in [-0.25, -0.2) is 0 Å². The van der Waals surface area contributed by atoms with E-state index in [-0.39, 0.29) is 0 Å². The number of hydrogen-bond donors (Lipinski definition) is 2. The Bertz CT molecular complexity index is 466. The monoisotopic (exact) mass is 295 g/mol. The molecule has 1 aromatic carbocycles. The van der Waals surface area contributed by atoms with Crippen molar-refractivity contribution in [3.8, 4) is 11.5 Å². The highest BCUT2D eigenvalue weighted by atomic mass is 32.2. The molecule has 5 nitrogen and oxygen atoms in total. The van der Waals surface area contributed by atoms with Crippen LogP contribution in [0.15, 0.2) is 23.2 Å². The fourth-order valence-corrected chi connectivity index (χ4v) is 2.13. The van der Waals surface area contributed by atoms with Gasteiger partial charge < -0.3 is 20.1 Å².